The molecule has 2 aromatic heterocycles. The zero-order valence-corrected chi connectivity index (χ0v) is 15.6. The molecule has 0 radical (unpaired) electrons. The van der Waals surface area contributed by atoms with E-state index in [0.717, 1.165) is 35.3 Å². The van der Waals surface area contributed by atoms with Crippen LogP contribution in [0.4, 0.5) is 0 Å². The van der Waals surface area contributed by atoms with Crippen LogP contribution in [0.5, 0.6) is 5.75 Å². The van der Waals surface area contributed by atoms with Gasteiger partial charge in [-0.15, -0.1) is 0 Å². The van der Waals surface area contributed by atoms with Gasteiger partial charge in [0.15, 0.2) is 5.96 Å². The molecule has 0 saturated heterocycles. The lowest BCUT2D eigenvalue weighted by Crippen LogP contribution is -2.37. The molecule has 3 aromatic rings. The monoisotopic (exact) mass is 364 g/mol. The van der Waals surface area contributed by atoms with E-state index in [9.17, 15) is 0 Å². The summed E-state index contributed by atoms with van der Waals surface area (Å²) in [6, 6.07) is 15.6. The Morgan fingerprint density at radius 1 is 1.07 bits per heavy atom. The number of nitrogens with one attached hydrogen (secondary N) is 2. The molecule has 0 atom stereocenters. The van der Waals surface area contributed by atoms with Crippen LogP contribution in [0.1, 0.15) is 18.3 Å². The number of guanidine groups is 1. The van der Waals surface area contributed by atoms with Gasteiger partial charge in [0, 0.05) is 18.9 Å². The van der Waals surface area contributed by atoms with Crippen molar-refractivity contribution in [3.63, 3.8) is 0 Å². The van der Waals surface area contributed by atoms with E-state index >= 15 is 0 Å². The molecule has 0 spiro atoms. The fourth-order valence-electron chi connectivity index (χ4n) is 2.50. The highest BCUT2D eigenvalue weighted by atomic mass is 16.5. The summed E-state index contributed by atoms with van der Waals surface area (Å²) in [4.78, 5) is 8.91. The number of ether oxygens (including phenoxy) is 1. The van der Waals surface area contributed by atoms with Crippen LogP contribution in [-0.2, 0) is 13.1 Å². The van der Waals surface area contributed by atoms with Crippen molar-refractivity contribution in [2.24, 2.45) is 4.99 Å². The number of pyridine rings is 1. The van der Waals surface area contributed by atoms with E-state index in [4.69, 9.17) is 4.74 Å². The highest BCUT2D eigenvalue weighted by molar-refractivity contribution is 5.79. The molecule has 2 N–H and O–H groups in total. The molecule has 1 aromatic carbocycles. The second kappa shape index (κ2) is 9.38. The second-order valence-electron chi connectivity index (χ2n) is 5.82. The minimum absolute atomic E-state index is 0.487. The van der Waals surface area contributed by atoms with Crippen LogP contribution in [0.2, 0.25) is 0 Å². The van der Waals surface area contributed by atoms with Gasteiger partial charge in [0.05, 0.1) is 37.3 Å². The first kappa shape index (κ1) is 18.4. The Morgan fingerprint density at radius 3 is 2.63 bits per heavy atom. The first-order valence-corrected chi connectivity index (χ1v) is 8.89. The van der Waals surface area contributed by atoms with Crippen LogP contribution in [0.15, 0.2) is 65.9 Å². The van der Waals surface area contributed by atoms with Crippen LogP contribution in [0.3, 0.4) is 0 Å². The molecule has 27 heavy (non-hydrogen) atoms. The molecular formula is C20H24N6O. The molecule has 7 nitrogen and oxygen atoms in total. The van der Waals surface area contributed by atoms with E-state index in [1.54, 1.807) is 13.3 Å². The summed E-state index contributed by atoms with van der Waals surface area (Å²) in [6.07, 6.45) is 3.72. The van der Waals surface area contributed by atoms with Crippen molar-refractivity contribution in [2.45, 2.75) is 20.0 Å². The number of hydrogen-bond acceptors (Lipinski definition) is 4. The molecule has 2 heterocycles. The smallest absolute Gasteiger partial charge is 0.191 e. The maximum Gasteiger partial charge on any atom is 0.191 e. The van der Waals surface area contributed by atoms with Crippen molar-refractivity contribution in [3.05, 3.63) is 72.3 Å². The lowest BCUT2D eigenvalue weighted by Gasteiger charge is -2.10. The number of hydrogen-bond donors (Lipinski definition) is 2. The molecule has 0 bridgehead atoms. The van der Waals surface area contributed by atoms with Gasteiger partial charge in [0.25, 0.3) is 0 Å². The van der Waals surface area contributed by atoms with Gasteiger partial charge in [0.2, 0.25) is 0 Å². The lowest BCUT2D eigenvalue weighted by atomic mass is 10.3. The minimum atomic E-state index is 0.487. The Morgan fingerprint density at radius 2 is 1.93 bits per heavy atom. The van der Waals surface area contributed by atoms with Gasteiger partial charge in [-0.2, -0.15) is 5.10 Å². The average molecular weight is 364 g/mol. The minimum Gasteiger partial charge on any atom is -0.497 e. The van der Waals surface area contributed by atoms with Crippen molar-refractivity contribution < 1.29 is 4.74 Å². The molecular weight excluding hydrogens is 340 g/mol. The highest BCUT2D eigenvalue weighted by Gasteiger charge is 2.03. The Balaban J connectivity index is 1.62. The largest absolute Gasteiger partial charge is 0.497 e. The number of aliphatic imine (C=N–C) groups is 1. The first-order chi connectivity index (χ1) is 13.3. The topological polar surface area (TPSA) is 76.4 Å². The summed E-state index contributed by atoms with van der Waals surface area (Å²) in [5.74, 6) is 1.56. The van der Waals surface area contributed by atoms with Gasteiger partial charge in [-0.3, -0.25) is 4.98 Å². The zero-order valence-electron chi connectivity index (χ0n) is 15.6. The summed E-state index contributed by atoms with van der Waals surface area (Å²) in [6.45, 7) is 3.93. The normalized spacial score (nSPS) is 11.3. The summed E-state index contributed by atoms with van der Waals surface area (Å²) < 4.78 is 7.02. The van der Waals surface area contributed by atoms with Crippen LogP contribution in [0, 0.1) is 0 Å². The molecule has 0 aliphatic heterocycles. The summed E-state index contributed by atoms with van der Waals surface area (Å²) >= 11 is 0. The predicted octanol–water partition coefficient (Wildman–Crippen LogP) is 2.53. The van der Waals surface area contributed by atoms with Crippen molar-refractivity contribution in [3.8, 4) is 11.4 Å². The Bertz CT molecular complexity index is 858. The number of aromatic nitrogens is 3. The standard InChI is InChI=1S/C20H24N6O/c1-3-21-20(23-14-16-6-4-5-12-22-16)24-15-17-11-13-26(25-17)18-7-9-19(27-2)10-8-18/h4-13H,3,14-15H2,1-2H3,(H2,21,23,24). The van der Waals surface area contributed by atoms with E-state index < -0.39 is 0 Å². The van der Waals surface area contributed by atoms with E-state index in [0.29, 0.717) is 13.1 Å². The quantitative estimate of drug-likeness (QED) is 0.498. The SMILES string of the molecule is CCNC(=NCc1ccn(-c2ccc(OC)cc2)n1)NCc1ccccn1. The van der Waals surface area contributed by atoms with Crippen LogP contribution in [-0.4, -0.2) is 34.4 Å². The first-order valence-electron chi connectivity index (χ1n) is 8.89. The third kappa shape index (κ3) is 5.31. The lowest BCUT2D eigenvalue weighted by molar-refractivity contribution is 0.414. The molecule has 3 rings (SSSR count). The third-order valence-corrected chi connectivity index (χ3v) is 3.89. The van der Waals surface area contributed by atoms with E-state index in [2.05, 4.69) is 25.7 Å². The molecule has 0 amide bonds. The zero-order chi connectivity index (χ0) is 18.9. The maximum atomic E-state index is 5.19. The van der Waals surface area contributed by atoms with Crippen molar-refractivity contribution in [1.82, 2.24) is 25.4 Å². The molecule has 0 saturated carbocycles. The number of rotatable bonds is 7. The molecule has 0 aliphatic carbocycles. The van der Waals surface area contributed by atoms with Gasteiger partial charge < -0.3 is 15.4 Å². The molecule has 0 fully saturated rings. The molecule has 7 heteroatoms. The fourth-order valence-corrected chi connectivity index (χ4v) is 2.50. The van der Waals surface area contributed by atoms with Crippen LogP contribution >= 0.6 is 0 Å². The summed E-state index contributed by atoms with van der Waals surface area (Å²) in [5.41, 5.74) is 2.83. The third-order valence-electron chi connectivity index (χ3n) is 3.89. The summed E-state index contributed by atoms with van der Waals surface area (Å²) in [7, 11) is 1.66. The van der Waals surface area contributed by atoms with Gasteiger partial charge >= 0.3 is 0 Å². The predicted molar refractivity (Wildman–Crippen MR) is 106 cm³/mol. The molecule has 0 aliphatic rings. The van der Waals surface area contributed by atoms with Crippen molar-refractivity contribution in [1.29, 1.82) is 0 Å². The fraction of sp³-hybridized carbons (Fsp3) is 0.250. The van der Waals surface area contributed by atoms with Crippen molar-refractivity contribution >= 4 is 5.96 Å². The number of methoxy groups -OCH3 is 1. The Kier molecular flexibility index (Phi) is 6.40. The number of nitrogens with zero attached hydrogens (tertiary/aromatic N) is 4. The van der Waals surface area contributed by atoms with E-state index in [1.807, 2.05) is 66.3 Å². The van der Waals surface area contributed by atoms with Crippen molar-refractivity contribution in [2.75, 3.05) is 13.7 Å². The average Bonchev–Trinajstić information content (AvgIpc) is 3.20. The second-order valence-corrected chi connectivity index (χ2v) is 5.82. The Hall–Kier alpha value is -3.35. The van der Waals surface area contributed by atoms with Crippen LogP contribution in [0.25, 0.3) is 5.69 Å². The van der Waals surface area contributed by atoms with Gasteiger partial charge in [-0.05, 0) is 49.4 Å². The summed E-state index contributed by atoms with van der Waals surface area (Å²) in [5, 5.41) is 11.1. The van der Waals surface area contributed by atoms with E-state index in [1.165, 1.54) is 0 Å². The highest BCUT2D eigenvalue weighted by Crippen LogP contribution is 2.14. The molecule has 140 valence electrons. The number of benzene rings is 1. The van der Waals surface area contributed by atoms with E-state index in [-0.39, 0.29) is 0 Å². The van der Waals surface area contributed by atoms with Crippen LogP contribution < -0.4 is 15.4 Å². The van der Waals surface area contributed by atoms with Gasteiger partial charge in [-0.25, -0.2) is 9.67 Å². The van der Waals surface area contributed by atoms with Gasteiger partial charge in [0.1, 0.15) is 5.75 Å². The van der Waals surface area contributed by atoms with Gasteiger partial charge in [-0.1, -0.05) is 6.07 Å². The maximum absolute atomic E-state index is 5.19. The Labute approximate surface area is 159 Å². The molecule has 0 unspecified atom stereocenters.